The maximum absolute atomic E-state index is 13.4. The Kier molecular flexibility index (Phi) is 7.24. The molecule has 0 unspecified atom stereocenters. The summed E-state index contributed by atoms with van der Waals surface area (Å²) in [4.78, 5) is 40.0. The number of benzene rings is 3. The van der Waals surface area contributed by atoms with Gasteiger partial charge in [0, 0.05) is 23.4 Å². The van der Waals surface area contributed by atoms with Gasteiger partial charge in [-0.2, -0.15) is 0 Å². The van der Waals surface area contributed by atoms with Gasteiger partial charge < -0.3 is 24.4 Å². The van der Waals surface area contributed by atoms with E-state index in [4.69, 9.17) is 14.2 Å². The zero-order valence-corrected chi connectivity index (χ0v) is 20.7. The molecule has 186 valence electrons. The third-order valence-electron chi connectivity index (χ3n) is 6.23. The molecule has 3 aromatic rings. The molecule has 0 saturated heterocycles. The molecule has 1 heterocycles. The van der Waals surface area contributed by atoms with Crippen LogP contribution in [0.3, 0.4) is 0 Å². The number of rotatable bonds is 9. The number of ether oxygens (including phenoxy) is 3. The summed E-state index contributed by atoms with van der Waals surface area (Å²) in [7, 11) is 4.55. The first-order chi connectivity index (χ1) is 17.4. The van der Waals surface area contributed by atoms with Gasteiger partial charge in [0.15, 0.2) is 17.3 Å². The average molecular weight is 489 g/mol. The van der Waals surface area contributed by atoms with Crippen molar-refractivity contribution in [1.29, 1.82) is 0 Å². The van der Waals surface area contributed by atoms with E-state index in [-0.39, 0.29) is 24.0 Å². The second-order valence-corrected chi connectivity index (χ2v) is 8.45. The summed E-state index contributed by atoms with van der Waals surface area (Å²) in [5, 5.41) is 2.86. The van der Waals surface area contributed by atoms with Crippen LogP contribution in [0.1, 0.15) is 51.2 Å². The standard InChI is InChI=1S/C28H28N2O6/c1-17(31)18-9-7-10-21(12-18)29-26(32)15-23(30-16-19-8-5-6-11-22(19)28(30)33)20-13-24(34-2)27(36-4)25(14-20)35-3/h5-14,23H,15-16H2,1-4H3,(H,29,32)/t23-/m0/s1. The van der Waals surface area contributed by atoms with Crippen LogP contribution in [0.5, 0.6) is 17.2 Å². The van der Waals surface area contributed by atoms with E-state index in [1.807, 2.05) is 18.2 Å². The van der Waals surface area contributed by atoms with Gasteiger partial charge in [0.1, 0.15) is 0 Å². The number of hydrogen-bond donors (Lipinski definition) is 1. The van der Waals surface area contributed by atoms with Gasteiger partial charge in [-0.05, 0) is 48.4 Å². The fourth-order valence-corrected chi connectivity index (χ4v) is 4.43. The highest BCUT2D eigenvalue weighted by atomic mass is 16.5. The Hall–Kier alpha value is -4.33. The molecule has 2 amide bonds. The van der Waals surface area contributed by atoms with Gasteiger partial charge in [0.2, 0.25) is 11.7 Å². The van der Waals surface area contributed by atoms with Gasteiger partial charge in [-0.15, -0.1) is 0 Å². The summed E-state index contributed by atoms with van der Waals surface area (Å²) in [6.45, 7) is 1.83. The van der Waals surface area contributed by atoms with Crippen molar-refractivity contribution in [3.8, 4) is 17.2 Å². The quantitative estimate of drug-likeness (QED) is 0.441. The number of amides is 2. The fourth-order valence-electron chi connectivity index (χ4n) is 4.43. The van der Waals surface area contributed by atoms with Gasteiger partial charge in [-0.25, -0.2) is 0 Å². The minimum atomic E-state index is -0.616. The van der Waals surface area contributed by atoms with E-state index in [0.717, 1.165) is 5.56 Å². The lowest BCUT2D eigenvalue weighted by Crippen LogP contribution is -2.32. The summed E-state index contributed by atoms with van der Waals surface area (Å²) in [6.07, 6.45) is -0.0251. The van der Waals surface area contributed by atoms with E-state index < -0.39 is 6.04 Å². The molecule has 1 aliphatic rings. The summed E-state index contributed by atoms with van der Waals surface area (Å²) in [5.41, 5.74) is 3.18. The molecule has 36 heavy (non-hydrogen) atoms. The molecule has 0 aromatic heterocycles. The van der Waals surface area contributed by atoms with Crippen molar-refractivity contribution in [3.05, 3.63) is 82.9 Å². The van der Waals surface area contributed by atoms with Crippen LogP contribution in [0.4, 0.5) is 5.69 Å². The van der Waals surface area contributed by atoms with E-state index in [1.165, 1.54) is 28.3 Å². The lowest BCUT2D eigenvalue weighted by atomic mass is 10.00. The molecule has 8 heteroatoms. The first-order valence-corrected chi connectivity index (χ1v) is 11.5. The van der Waals surface area contributed by atoms with Crippen molar-refractivity contribution in [2.24, 2.45) is 0 Å². The van der Waals surface area contributed by atoms with E-state index >= 15 is 0 Å². The van der Waals surface area contributed by atoms with Gasteiger partial charge in [-0.1, -0.05) is 30.3 Å². The van der Waals surface area contributed by atoms with E-state index in [9.17, 15) is 14.4 Å². The van der Waals surface area contributed by atoms with Crippen molar-refractivity contribution in [2.75, 3.05) is 26.6 Å². The van der Waals surface area contributed by atoms with Crippen molar-refractivity contribution < 1.29 is 28.6 Å². The number of carbonyl (C=O) groups is 3. The number of Topliss-reactive ketones (excluding diaryl/α,β-unsaturated/α-hetero) is 1. The average Bonchev–Trinajstić information content (AvgIpc) is 3.22. The molecule has 8 nitrogen and oxygen atoms in total. The Bertz CT molecular complexity index is 1290. The summed E-state index contributed by atoms with van der Waals surface area (Å²) < 4.78 is 16.5. The highest BCUT2D eigenvalue weighted by molar-refractivity contribution is 6.00. The minimum absolute atomic E-state index is 0.0251. The molecule has 0 bridgehead atoms. The molecular formula is C28H28N2O6. The Morgan fingerprint density at radius 2 is 1.64 bits per heavy atom. The lowest BCUT2D eigenvalue weighted by molar-refractivity contribution is -0.117. The summed E-state index contributed by atoms with van der Waals surface area (Å²) in [6, 6.07) is 17.1. The smallest absolute Gasteiger partial charge is 0.255 e. The predicted octanol–water partition coefficient (Wildman–Crippen LogP) is 4.64. The second kappa shape index (κ2) is 10.5. The third kappa shape index (κ3) is 4.88. The van der Waals surface area contributed by atoms with Gasteiger partial charge in [0.25, 0.3) is 5.91 Å². The highest BCUT2D eigenvalue weighted by Gasteiger charge is 2.35. The topological polar surface area (TPSA) is 94.2 Å². The molecule has 0 radical (unpaired) electrons. The normalized spacial score (nSPS) is 13.1. The van der Waals surface area contributed by atoms with Crippen LogP contribution in [0, 0.1) is 0 Å². The molecule has 0 aliphatic carbocycles. The van der Waals surface area contributed by atoms with Crippen molar-refractivity contribution in [2.45, 2.75) is 25.9 Å². The number of carbonyl (C=O) groups excluding carboxylic acids is 3. The van der Waals surface area contributed by atoms with Crippen LogP contribution >= 0.6 is 0 Å². The fraction of sp³-hybridized carbons (Fsp3) is 0.250. The predicted molar refractivity (Wildman–Crippen MR) is 135 cm³/mol. The number of nitrogens with one attached hydrogen (secondary N) is 1. The highest BCUT2D eigenvalue weighted by Crippen LogP contribution is 2.43. The Labute approximate surface area is 209 Å². The Morgan fingerprint density at radius 3 is 2.25 bits per heavy atom. The molecule has 4 rings (SSSR count). The molecular weight excluding hydrogens is 460 g/mol. The zero-order chi connectivity index (χ0) is 25.8. The van der Waals surface area contributed by atoms with Crippen molar-refractivity contribution in [3.63, 3.8) is 0 Å². The zero-order valence-electron chi connectivity index (χ0n) is 20.7. The van der Waals surface area contributed by atoms with Crippen molar-refractivity contribution in [1.82, 2.24) is 4.90 Å². The van der Waals surface area contributed by atoms with Gasteiger partial charge >= 0.3 is 0 Å². The maximum Gasteiger partial charge on any atom is 0.255 e. The molecule has 3 aromatic carbocycles. The first-order valence-electron chi connectivity index (χ1n) is 11.5. The van der Waals surface area contributed by atoms with Crippen LogP contribution in [0.15, 0.2) is 60.7 Å². The molecule has 0 fully saturated rings. The molecule has 1 N–H and O–H groups in total. The van der Waals surface area contributed by atoms with Gasteiger partial charge in [-0.3, -0.25) is 14.4 Å². The lowest BCUT2D eigenvalue weighted by Gasteiger charge is -2.29. The monoisotopic (exact) mass is 488 g/mol. The van der Waals surface area contributed by atoms with Crippen LogP contribution < -0.4 is 19.5 Å². The number of methoxy groups -OCH3 is 3. The third-order valence-corrected chi connectivity index (χ3v) is 6.23. The Morgan fingerprint density at radius 1 is 0.944 bits per heavy atom. The number of ketones is 1. The second-order valence-electron chi connectivity index (χ2n) is 8.45. The van der Waals surface area contributed by atoms with Crippen LogP contribution in [-0.2, 0) is 11.3 Å². The molecule has 1 aliphatic heterocycles. The maximum atomic E-state index is 13.4. The minimum Gasteiger partial charge on any atom is -0.493 e. The largest absolute Gasteiger partial charge is 0.493 e. The van der Waals surface area contributed by atoms with E-state index in [2.05, 4.69) is 5.32 Å². The molecule has 1 atom stereocenters. The van der Waals surface area contributed by atoms with Crippen molar-refractivity contribution >= 4 is 23.3 Å². The number of hydrogen-bond acceptors (Lipinski definition) is 6. The molecule has 0 saturated carbocycles. The molecule has 0 spiro atoms. The number of anilines is 1. The Balaban J connectivity index is 1.70. The first kappa shape index (κ1) is 24.8. The number of nitrogens with zero attached hydrogens (tertiary/aromatic N) is 1. The summed E-state index contributed by atoms with van der Waals surface area (Å²) >= 11 is 0. The van der Waals surface area contributed by atoms with Crippen LogP contribution in [-0.4, -0.2) is 43.8 Å². The van der Waals surface area contributed by atoms with E-state index in [0.29, 0.717) is 46.2 Å². The van der Waals surface area contributed by atoms with Crippen LogP contribution in [0.2, 0.25) is 0 Å². The number of fused-ring (bicyclic) bond motifs is 1. The van der Waals surface area contributed by atoms with Crippen LogP contribution in [0.25, 0.3) is 0 Å². The summed E-state index contributed by atoms with van der Waals surface area (Å²) in [5.74, 6) is 0.714. The SMILES string of the molecule is COc1cc([C@H](CC(=O)Nc2cccc(C(C)=O)c2)N2Cc3ccccc3C2=O)cc(OC)c1OC. The van der Waals surface area contributed by atoms with E-state index in [1.54, 1.807) is 47.4 Å². The van der Waals surface area contributed by atoms with Gasteiger partial charge in [0.05, 0.1) is 33.8 Å².